The van der Waals surface area contributed by atoms with Crippen LogP contribution in [0.5, 0.6) is 0 Å². The fraction of sp³-hybridized carbons (Fsp3) is 0.500. The molecule has 0 saturated carbocycles. The Morgan fingerprint density at radius 1 is 1.29 bits per heavy atom. The average Bonchev–Trinajstić information content (AvgIpc) is 2.45. The summed E-state index contributed by atoms with van der Waals surface area (Å²) in [6.45, 7) is 4.70. The van der Waals surface area contributed by atoms with Crippen molar-refractivity contribution in [1.82, 2.24) is 4.90 Å². The lowest BCUT2D eigenvalue weighted by atomic mass is 10.1. The lowest BCUT2D eigenvalue weighted by Crippen LogP contribution is -2.48. The predicted molar refractivity (Wildman–Crippen MR) is 82.6 cm³/mol. The van der Waals surface area contributed by atoms with E-state index in [1.165, 1.54) is 0 Å². The van der Waals surface area contributed by atoms with Gasteiger partial charge in [-0.15, -0.1) is 0 Å². The molecule has 1 fully saturated rings. The number of hydrogen-bond donors (Lipinski definition) is 1. The standard InChI is InChI=1S/C14H21N3O3S/c1-2-14(18)17-5-3-16(4-6-17)13-8-11(10-21(19)20)7-12(15)9-13/h7-9H,2-6,10,15H2,1H3,(H,19,20)/p-1. The van der Waals surface area contributed by atoms with Crippen molar-refractivity contribution in [2.75, 3.05) is 36.8 Å². The fourth-order valence-electron chi connectivity index (χ4n) is 2.54. The van der Waals surface area contributed by atoms with Gasteiger partial charge in [-0.1, -0.05) is 18.0 Å². The van der Waals surface area contributed by atoms with Gasteiger partial charge in [0.25, 0.3) is 0 Å². The molecule has 116 valence electrons. The number of nitrogen functional groups attached to an aromatic ring is 1. The fourth-order valence-corrected chi connectivity index (χ4v) is 2.98. The molecule has 2 N–H and O–H groups in total. The highest BCUT2D eigenvalue weighted by atomic mass is 32.2. The van der Waals surface area contributed by atoms with E-state index in [0.717, 1.165) is 18.8 Å². The number of nitrogens with zero attached hydrogens (tertiary/aromatic N) is 2. The summed E-state index contributed by atoms with van der Waals surface area (Å²) in [5, 5.41) is 0. The van der Waals surface area contributed by atoms with Gasteiger partial charge in [0.2, 0.25) is 5.91 Å². The number of nitrogens with two attached hydrogens (primary N) is 1. The van der Waals surface area contributed by atoms with Crippen molar-refractivity contribution in [3.05, 3.63) is 23.8 Å². The molecule has 7 heteroatoms. The van der Waals surface area contributed by atoms with Crippen LogP contribution >= 0.6 is 0 Å². The summed E-state index contributed by atoms with van der Waals surface area (Å²) >= 11 is -2.13. The van der Waals surface area contributed by atoms with E-state index in [0.29, 0.717) is 30.8 Å². The van der Waals surface area contributed by atoms with Gasteiger partial charge in [0.15, 0.2) is 0 Å². The van der Waals surface area contributed by atoms with Crippen molar-refractivity contribution >= 4 is 28.4 Å². The van der Waals surface area contributed by atoms with E-state index >= 15 is 0 Å². The number of piperazine rings is 1. The SMILES string of the molecule is CCC(=O)N1CCN(c2cc(N)cc(CS(=O)[O-])c2)CC1. The summed E-state index contributed by atoms with van der Waals surface area (Å²) in [4.78, 5) is 15.6. The van der Waals surface area contributed by atoms with Gasteiger partial charge in [-0.05, 0) is 23.8 Å². The summed E-state index contributed by atoms with van der Waals surface area (Å²) in [6.07, 6.45) is 0.526. The molecule has 1 atom stereocenters. The third kappa shape index (κ3) is 4.18. The van der Waals surface area contributed by atoms with Crippen LogP contribution in [0.3, 0.4) is 0 Å². The second-order valence-corrected chi connectivity index (χ2v) is 6.00. The molecule has 1 heterocycles. The minimum absolute atomic E-state index is 0.0354. The van der Waals surface area contributed by atoms with Crippen LogP contribution < -0.4 is 10.6 Å². The highest BCUT2D eigenvalue weighted by Crippen LogP contribution is 2.23. The van der Waals surface area contributed by atoms with Crippen molar-refractivity contribution in [2.45, 2.75) is 19.1 Å². The summed E-state index contributed by atoms with van der Waals surface area (Å²) < 4.78 is 21.6. The number of hydrogen-bond acceptors (Lipinski definition) is 5. The van der Waals surface area contributed by atoms with Gasteiger partial charge in [0.1, 0.15) is 0 Å². The second-order valence-electron chi connectivity index (χ2n) is 5.10. The minimum atomic E-state index is -2.13. The molecule has 1 aromatic carbocycles. The molecule has 1 aromatic rings. The molecule has 1 saturated heterocycles. The Balaban J connectivity index is 2.07. The molecule has 1 aliphatic rings. The van der Waals surface area contributed by atoms with Gasteiger partial charge < -0.3 is 20.1 Å². The zero-order chi connectivity index (χ0) is 15.4. The largest absolute Gasteiger partial charge is 0.772 e. The Kier molecular flexibility index (Phi) is 5.19. The lowest BCUT2D eigenvalue weighted by Gasteiger charge is -2.36. The average molecular weight is 310 g/mol. The first-order chi connectivity index (χ1) is 9.99. The first kappa shape index (κ1) is 15.8. The van der Waals surface area contributed by atoms with Crippen molar-refractivity contribution in [3.63, 3.8) is 0 Å². The topological polar surface area (TPSA) is 89.7 Å². The smallest absolute Gasteiger partial charge is 0.222 e. The summed E-state index contributed by atoms with van der Waals surface area (Å²) in [5.41, 5.74) is 8.00. The first-order valence-corrected chi connectivity index (χ1v) is 8.22. The number of benzene rings is 1. The molecule has 21 heavy (non-hydrogen) atoms. The summed E-state index contributed by atoms with van der Waals surface area (Å²) in [7, 11) is 0. The van der Waals surface area contributed by atoms with Crippen LogP contribution in [0.25, 0.3) is 0 Å². The van der Waals surface area contributed by atoms with Gasteiger partial charge in [-0.3, -0.25) is 9.00 Å². The Morgan fingerprint density at radius 2 is 1.95 bits per heavy atom. The van der Waals surface area contributed by atoms with Gasteiger partial charge in [0, 0.05) is 49.7 Å². The van der Waals surface area contributed by atoms with Crippen LogP contribution in [0.15, 0.2) is 18.2 Å². The van der Waals surface area contributed by atoms with Gasteiger partial charge >= 0.3 is 0 Å². The number of carbonyl (C=O) groups is 1. The molecular weight excluding hydrogens is 290 g/mol. The molecule has 2 rings (SSSR count). The first-order valence-electron chi connectivity index (χ1n) is 6.97. The predicted octanol–water partition coefficient (Wildman–Crippen LogP) is 0.707. The quantitative estimate of drug-likeness (QED) is 0.653. The Bertz CT molecular complexity index is 542. The van der Waals surface area contributed by atoms with Crippen molar-refractivity contribution in [2.24, 2.45) is 0 Å². The van der Waals surface area contributed by atoms with E-state index in [1.807, 2.05) is 24.0 Å². The molecule has 0 aliphatic carbocycles. The molecule has 0 radical (unpaired) electrons. The molecule has 0 aromatic heterocycles. The van der Waals surface area contributed by atoms with E-state index in [-0.39, 0.29) is 11.7 Å². The van der Waals surface area contributed by atoms with Crippen molar-refractivity contribution < 1.29 is 13.6 Å². The van der Waals surface area contributed by atoms with E-state index in [2.05, 4.69) is 4.90 Å². The maximum absolute atomic E-state index is 11.7. The maximum Gasteiger partial charge on any atom is 0.222 e. The molecule has 1 unspecified atom stereocenters. The number of amides is 1. The van der Waals surface area contributed by atoms with Crippen LogP contribution in [0, 0.1) is 0 Å². The molecule has 1 amide bonds. The van der Waals surface area contributed by atoms with E-state index < -0.39 is 11.1 Å². The molecule has 1 aliphatic heterocycles. The molecule has 6 nitrogen and oxygen atoms in total. The van der Waals surface area contributed by atoms with E-state index in [1.54, 1.807) is 6.07 Å². The lowest BCUT2D eigenvalue weighted by molar-refractivity contribution is -0.131. The Labute approximate surface area is 127 Å². The maximum atomic E-state index is 11.7. The molecular formula is C14H20N3O3S-. The van der Waals surface area contributed by atoms with Crippen molar-refractivity contribution in [3.8, 4) is 0 Å². The highest BCUT2D eigenvalue weighted by molar-refractivity contribution is 7.78. The normalized spacial score (nSPS) is 16.9. The number of anilines is 2. The zero-order valence-corrected chi connectivity index (χ0v) is 12.9. The summed E-state index contributed by atoms with van der Waals surface area (Å²) in [6, 6.07) is 5.37. The van der Waals surface area contributed by atoms with E-state index in [4.69, 9.17) is 5.73 Å². The third-order valence-electron chi connectivity index (χ3n) is 3.58. The third-order valence-corrected chi connectivity index (χ3v) is 4.15. The minimum Gasteiger partial charge on any atom is -0.772 e. The highest BCUT2D eigenvalue weighted by Gasteiger charge is 2.20. The van der Waals surface area contributed by atoms with E-state index in [9.17, 15) is 13.6 Å². The molecule has 0 bridgehead atoms. The number of carbonyl (C=O) groups excluding carboxylic acids is 1. The summed E-state index contributed by atoms with van der Waals surface area (Å²) in [5.74, 6) is 0.136. The van der Waals surface area contributed by atoms with Crippen LogP contribution in [-0.4, -0.2) is 45.7 Å². The van der Waals surface area contributed by atoms with Gasteiger partial charge in [-0.25, -0.2) is 0 Å². The zero-order valence-electron chi connectivity index (χ0n) is 12.1. The number of rotatable bonds is 4. The molecule has 0 spiro atoms. The van der Waals surface area contributed by atoms with Gasteiger partial charge in [0.05, 0.1) is 0 Å². The monoisotopic (exact) mass is 310 g/mol. The van der Waals surface area contributed by atoms with Crippen molar-refractivity contribution in [1.29, 1.82) is 0 Å². The van der Waals surface area contributed by atoms with Crippen LogP contribution in [0.2, 0.25) is 0 Å². The second kappa shape index (κ2) is 6.91. The Morgan fingerprint density at radius 3 is 2.52 bits per heavy atom. The van der Waals surface area contributed by atoms with Crippen LogP contribution in [0.1, 0.15) is 18.9 Å². The van der Waals surface area contributed by atoms with Gasteiger partial charge in [-0.2, -0.15) is 0 Å². The van der Waals surface area contributed by atoms with Crippen LogP contribution in [0.4, 0.5) is 11.4 Å². The van der Waals surface area contributed by atoms with Crippen LogP contribution in [-0.2, 0) is 21.6 Å². The Hall–Kier alpha value is -1.60.